The molecule has 0 bridgehead atoms. The first-order valence-electron chi connectivity index (χ1n) is 28.5. The second-order valence-electron chi connectivity index (χ2n) is 25.8. The molecule has 2 aliphatic heterocycles. The normalized spacial score (nSPS) is 18.2. The third-order valence-electron chi connectivity index (χ3n) is 17.7. The molecule has 370 valence electrons. The van der Waals surface area contributed by atoms with Crippen molar-refractivity contribution in [3.05, 3.63) is 191 Å². The van der Waals surface area contributed by atoms with Gasteiger partial charge in [0.25, 0.3) is 6.71 Å². The van der Waals surface area contributed by atoms with Gasteiger partial charge in [0.15, 0.2) is 0 Å². The number of hydrogen-bond donors (Lipinski definition) is 0. The minimum atomic E-state index is -2.42. The van der Waals surface area contributed by atoms with Crippen molar-refractivity contribution in [3.63, 3.8) is 0 Å². The van der Waals surface area contributed by atoms with Gasteiger partial charge in [0.05, 0.1) is 5.69 Å². The molecule has 0 amide bonds. The minimum Gasteiger partial charge on any atom is -0.311 e. The molecule has 13 rings (SSSR count). The van der Waals surface area contributed by atoms with Gasteiger partial charge in [0.1, 0.15) is 0 Å². The fourth-order valence-electron chi connectivity index (χ4n) is 14.3. The summed E-state index contributed by atoms with van der Waals surface area (Å²) in [6.07, 6.45) is 3.25. The van der Waals surface area contributed by atoms with E-state index in [1.165, 1.54) is 64.5 Å². The quantitative estimate of drug-likeness (QED) is 0.159. The second-order valence-corrected chi connectivity index (χ2v) is 26.9. The van der Waals surface area contributed by atoms with Gasteiger partial charge in [-0.1, -0.05) is 155 Å². The highest BCUT2D eigenvalue weighted by atomic mass is 32.1. The van der Waals surface area contributed by atoms with Gasteiger partial charge in [-0.05, 0) is 188 Å². The van der Waals surface area contributed by atoms with E-state index in [0.29, 0.717) is 5.56 Å². The molecule has 0 atom stereocenters. The van der Waals surface area contributed by atoms with Crippen LogP contribution in [0.3, 0.4) is 0 Å². The first-order chi connectivity index (χ1) is 36.3. The van der Waals surface area contributed by atoms with Crippen molar-refractivity contribution >= 4 is 106 Å². The molecule has 8 aromatic carbocycles. The molecule has 5 heteroatoms. The van der Waals surface area contributed by atoms with Crippen molar-refractivity contribution in [1.82, 2.24) is 0 Å². The third-order valence-corrected chi connectivity index (χ3v) is 19.0. The predicted octanol–water partition coefficient (Wildman–Crippen LogP) is 17.8. The Bertz CT molecular complexity index is 3880. The number of thiophene rings is 1. The fourth-order valence-corrected chi connectivity index (χ4v) is 15.8. The average molecular weight is 987 g/mol. The molecule has 0 fully saturated rings. The molecule has 4 aliphatic rings. The predicted molar refractivity (Wildman–Crippen MR) is 322 cm³/mol. The van der Waals surface area contributed by atoms with Crippen LogP contribution in [0.5, 0.6) is 0 Å². The Balaban J connectivity index is 1.19. The average Bonchev–Trinajstić information content (AvgIpc) is 3.99. The van der Waals surface area contributed by atoms with Gasteiger partial charge in [0, 0.05) is 69.8 Å². The number of rotatable bonds is 5. The molecular formula is C69H70BN3S. The van der Waals surface area contributed by atoms with E-state index in [2.05, 4.69) is 237 Å². The van der Waals surface area contributed by atoms with Gasteiger partial charge in [0.2, 0.25) is 0 Å². The van der Waals surface area contributed by atoms with Crippen molar-refractivity contribution in [2.75, 3.05) is 14.7 Å². The standard InChI is InChI=1S/C69H70BN3S/c1-42-34-59-63-60(35-42)73(56-39-51-49(36-43(56)2)66(6,7)32-33-67(51,8)9)58-40-52-50(68(10,11)41-69(52,12)13)38-54(58)70(63)53-30-28-46(71(44-22-16-14-17-23-44)45-24-18-15-19-25-45)37-57(53)72(59)55-31-29-48-47-26-20-21-27-61(47)74-64(48)62(55)65(3,4)5/h14-31,34-40H,32-33,41H2,1-13H3/i1D3. The highest BCUT2D eigenvalue weighted by Gasteiger charge is 2.49. The number of aryl methyl sites for hydroxylation is 2. The molecule has 3 nitrogen and oxygen atoms in total. The monoisotopic (exact) mass is 987 g/mol. The van der Waals surface area contributed by atoms with Gasteiger partial charge < -0.3 is 14.7 Å². The molecule has 0 saturated carbocycles. The Morgan fingerprint density at radius 3 is 1.70 bits per heavy atom. The first-order valence-corrected chi connectivity index (χ1v) is 27.8. The lowest BCUT2D eigenvalue weighted by molar-refractivity contribution is 0.332. The number of hydrogen-bond acceptors (Lipinski definition) is 4. The zero-order valence-corrected chi connectivity index (χ0v) is 46.2. The maximum atomic E-state index is 9.40. The van der Waals surface area contributed by atoms with Crippen LogP contribution in [-0.2, 0) is 27.1 Å². The van der Waals surface area contributed by atoms with Crippen LogP contribution >= 0.6 is 11.3 Å². The van der Waals surface area contributed by atoms with E-state index in [1.54, 1.807) is 0 Å². The van der Waals surface area contributed by atoms with Crippen LogP contribution < -0.4 is 31.1 Å². The van der Waals surface area contributed by atoms with Gasteiger partial charge >= 0.3 is 0 Å². The van der Waals surface area contributed by atoms with Gasteiger partial charge in [-0.3, -0.25) is 0 Å². The lowest BCUT2D eigenvalue weighted by Gasteiger charge is -2.47. The summed E-state index contributed by atoms with van der Waals surface area (Å²) in [6.45, 7) is 26.0. The Kier molecular flexibility index (Phi) is 9.46. The number of anilines is 9. The Morgan fingerprint density at radius 2 is 1.07 bits per heavy atom. The maximum Gasteiger partial charge on any atom is 0.252 e. The van der Waals surface area contributed by atoms with Crippen molar-refractivity contribution < 1.29 is 4.11 Å². The second kappa shape index (κ2) is 16.0. The summed E-state index contributed by atoms with van der Waals surface area (Å²) in [5.74, 6) is 0. The number of fused-ring (bicyclic) bond motifs is 9. The van der Waals surface area contributed by atoms with Crippen LogP contribution in [0.2, 0.25) is 0 Å². The maximum absolute atomic E-state index is 9.40. The van der Waals surface area contributed by atoms with Crippen LogP contribution in [0, 0.1) is 13.8 Å². The highest BCUT2D eigenvalue weighted by molar-refractivity contribution is 7.26. The van der Waals surface area contributed by atoms with Crippen molar-refractivity contribution in [3.8, 4) is 0 Å². The zero-order valence-electron chi connectivity index (χ0n) is 48.4. The molecule has 9 aromatic rings. The summed E-state index contributed by atoms with van der Waals surface area (Å²) in [5.41, 5.74) is 20.8. The Morgan fingerprint density at radius 1 is 0.514 bits per heavy atom. The van der Waals surface area contributed by atoms with Crippen LogP contribution in [0.15, 0.2) is 152 Å². The largest absolute Gasteiger partial charge is 0.311 e. The van der Waals surface area contributed by atoms with E-state index >= 15 is 0 Å². The topological polar surface area (TPSA) is 9.72 Å². The summed E-state index contributed by atoms with van der Waals surface area (Å²) in [5, 5.41) is 2.50. The van der Waals surface area contributed by atoms with E-state index in [9.17, 15) is 4.11 Å². The molecule has 0 radical (unpaired) electrons. The fraction of sp³-hybridized carbons (Fsp3) is 0.304. The van der Waals surface area contributed by atoms with Crippen LogP contribution in [0.4, 0.5) is 51.2 Å². The summed E-state index contributed by atoms with van der Waals surface area (Å²) in [4.78, 5) is 7.35. The third kappa shape index (κ3) is 6.97. The van der Waals surface area contributed by atoms with E-state index < -0.39 is 6.85 Å². The van der Waals surface area contributed by atoms with E-state index in [-0.39, 0.29) is 33.8 Å². The van der Waals surface area contributed by atoms with Crippen molar-refractivity contribution in [2.45, 2.75) is 136 Å². The molecule has 0 spiro atoms. The van der Waals surface area contributed by atoms with Crippen molar-refractivity contribution in [2.24, 2.45) is 0 Å². The van der Waals surface area contributed by atoms with Crippen molar-refractivity contribution in [1.29, 1.82) is 0 Å². The molecule has 74 heavy (non-hydrogen) atoms. The van der Waals surface area contributed by atoms with Gasteiger partial charge in [-0.15, -0.1) is 11.3 Å². The first kappa shape index (κ1) is 43.8. The molecule has 2 aliphatic carbocycles. The summed E-state index contributed by atoms with van der Waals surface area (Å²) in [6, 6.07) is 56.0. The lowest BCUT2D eigenvalue weighted by Crippen LogP contribution is -2.61. The van der Waals surface area contributed by atoms with Crippen LogP contribution in [-0.4, -0.2) is 6.71 Å². The molecular weight excluding hydrogens is 914 g/mol. The Hall–Kier alpha value is -6.56. The molecule has 1 aromatic heterocycles. The molecule has 0 N–H and O–H groups in total. The zero-order chi connectivity index (χ0) is 54.1. The number of benzene rings is 8. The summed E-state index contributed by atoms with van der Waals surface area (Å²) >= 11 is 1.86. The van der Waals surface area contributed by atoms with E-state index in [1.807, 2.05) is 23.5 Å². The summed E-state index contributed by atoms with van der Waals surface area (Å²) in [7, 11) is 0. The number of para-hydroxylation sites is 2. The van der Waals surface area contributed by atoms with Gasteiger partial charge in [-0.2, -0.15) is 0 Å². The SMILES string of the molecule is [2H]C([2H])([2H])c1cc2c3c(c1)N(c1ccc4c(sc5ccccc54)c1C(C)(C)C)c1cc(N(c4ccccc4)c4ccccc4)ccc1B3c1cc3c(cc1N2c1cc2c(cc1C)C(C)(C)CCC2(C)C)C(C)(C)CC3(C)C. The minimum absolute atomic E-state index is 0.0236. The molecule has 0 saturated heterocycles. The number of nitrogens with zero attached hydrogens (tertiary/aromatic N) is 3. The molecule has 0 unspecified atom stereocenters. The van der Waals surface area contributed by atoms with E-state index in [4.69, 9.17) is 0 Å². The molecule has 3 heterocycles. The smallest absolute Gasteiger partial charge is 0.252 e. The van der Waals surface area contributed by atoms with E-state index in [0.717, 1.165) is 75.9 Å². The van der Waals surface area contributed by atoms with Gasteiger partial charge in [-0.25, -0.2) is 0 Å². The van der Waals surface area contributed by atoms with Crippen LogP contribution in [0.25, 0.3) is 20.2 Å². The van der Waals surface area contributed by atoms with Crippen LogP contribution in [0.1, 0.15) is 138 Å². The highest BCUT2D eigenvalue weighted by Crippen LogP contribution is 2.56. The lowest BCUT2D eigenvalue weighted by atomic mass is 9.33. The Labute approximate surface area is 449 Å². The summed E-state index contributed by atoms with van der Waals surface area (Å²) < 4.78 is 30.7.